The van der Waals surface area contributed by atoms with Gasteiger partial charge in [-0.15, -0.1) is 0 Å². The highest BCUT2D eigenvalue weighted by atomic mass is 15.2. The summed E-state index contributed by atoms with van der Waals surface area (Å²) in [4.78, 5) is 6.93. The fraction of sp³-hybridized carbons (Fsp3) is 0.529. The number of aromatic amines is 1. The molecule has 1 fully saturated rings. The van der Waals surface area contributed by atoms with Crippen molar-refractivity contribution in [3.05, 3.63) is 30.2 Å². The number of rotatable bonds is 6. The number of aromatic nitrogens is 3. The van der Waals surface area contributed by atoms with Crippen molar-refractivity contribution in [3.8, 4) is 11.1 Å². The average Bonchev–Trinajstić information content (AvgIpc) is 3.19. The van der Waals surface area contributed by atoms with Gasteiger partial charge in [0.25, 0.3) is 0 Å². The molecule has 1 aliphatic rings. The van der Waals surface area contributed by atoms with E-state index in [1.165, 1.54) is 37.2 Å². The van der Waals surface area contributed by atoms with Crippen LogP contribution in [0.4, 0.5) is 5.82 Å². The third kappa shape index (κ3) is 3.47. The number of hydrogen-bond acceptors (Lipinski definition) is 4. The maximum absolute atomic E-state index is 4.43. The van der Waals surface area contributed by atoms with Crippen LogP contribution in [0.25, 0.3) is 11.1 Å². The van der Waals surface area contributed by atoms with Gasteiger partial charge in [-0.2, -0.15) is 5.10 Å². The van der Waals surface area contributed by atoms with Crippen LogP contribution in [0.2, 0.25) is 0 Å². The number of nitrogens with zero attached hydrogens (tertiary/aromatic N) is 3. The Bertz CT molecular complexity index is 599. The van der Waals surface area contributed by atoms with E-state index in [0.717, 1.165) is 24.5 Å². The summed E-state index contributed by atoms with van der Waals surface area (Å²) < 4.78 is 0. The van der Waals surface area contributed by atoms with E-state index in [0.29, 0.717) is 5.92 Å². The first-order valence-electron chi connectivity index (χ1n) is 8.20. The van der Waals surface area contributed by atoms with Crippen molar-refractivity contribution < 1.29 is 0 Å². The van der Waals surface area contributed by atoms with Crippen LogP contribution < -0.4 is 5.32 Å². The van der Waals surface area contributed by atoms with Crippen LogP contribution in [-0.2, 0) is 0 Å². The average molecular weight is 299 g/mol. The highest BCUT2D eigenvalue weighted by molar-refractivity contribution is 5.68. The lowest BCUT2D eigenvalue weighted by Crippen LogP contribution is -2.26. The van der Waals surface area contributed by atoms with Crippen LogP contribution >= 0.6 is 0 Å². The topological polar surface area (TPSA) is 56.8 Å². The fourth-order valence-electron chi connectivity index (χ4n) is 3.01. The van der Waals surface area contributed by atoms with Crippen LogP contribution in [0.3, 0.4) is 0 Å². The van der Waals surface area contributed by atoms with Gasteiger partial charge in [0.2, 0.25) is 0 Å². The second-order valence-corrected chi connectivity index (χ2v) is 6.26. The maximum atomic E-state index is 4.43. The van der Waals surface area contributed by atoms with Gasteiger partial charge in [0.05, 0.1) is 6.20 Å². The summed E-state index contributed by atoms with van der Waals surface area (Å²) in [6.45, 7) is 8.86. The number of hydrogen-bond donors (Lipinski definition) is 2. The van der Waals surface area contributed by atoms with Crippen molar-refractivity contribution in [1.29, 1.82) is 0 Å². The molecule has 2 aromatic rings. The molecule has 3 heterocycles. The zero-order valence-corrected chi connectivity index (χ0v) is 13.5. The zero-order chi connectivity index (χ0) is 15.4. The molecule has 0 unspecified atom stereocenters. The Morgan fingerprint density at radius 3 is 2.91 bits per heavy atom. The Morgan fingerprint density at radius 1 is 1.32 bits per heavy atom. The predicted molar refractivity (Wildman–Crippen MR) is 90.1 cm³/mol. The number of pyridine rings is 1. The number of anilines is 1. The van der Waals surface area contributed by atoms with Crippen molar-refractivity contribution in [2.45, 2.75) is 32.6 Å². The molecule has 1 saturated heterocycles. The first kappa shape index (κ1) is 15.0. The number of H-pyrrole nitrogens is 1. The third-order valence-electron chi connectivity index (χ3n) is 4.25. The van der Waals surface area contributed by atoms with E-state index in [4.69, 9.17) is 0 Å². The standard InChI is InChI=1S/C17H25N5/c1-13(2)17-15(12-20-21-17)14-5-6-18-16(11-14)19-7-10-22-8-3-4-9-22/h5-6,11-13H,3-4,7-10H2,1-2H3,(H,18,19)(H,20,21). The molecule has 5 heteroatoms. The minimum absolute atomic E-state index is 0.428. The van der Waals surface area contributed by atoms with E-state index in [1.54, 1.807) is 0 Å². The summed E-state index contributed by atoms with van der Waals surface area (Å²) in [6.07, 6.45) is 6.45. The normalized spacial score (nSPS) is 15.6. The second kappa shape index (κ2) is 6.92. The summed E-state index contributed by atoms with van der Waals surface area (Å²) in [6, 6.07) is 4.16. The molecule has 0 atom stereocenters. The minimum Gasteiger partial charge on any atom is -0.369 e. The molecule has 0 radical (unpaired) electrons. The van der Waals surface area contributed by atoms with Gasteiger partial charge < -0.3 is 10.2 Å². The second-order valence-electron chi connectivity index (χ2n) is 6.26. The lowest BCUT2D eigenvalue weighted by Gasteiger charge is -2.15. The van der Waals surface area contributed by atoms with Crippen LogP contribution in [-0.4, -0.2) is 46.3 Å². The highest BCUT2D eigenvalue weighted by Crippen LogP contribution is 2.28. The number of nitrogens with one attached hydrogen (secondary N) is 2. The highest BCUT2D eigenvalue weighted by Gasteiger charge is 2.12. The molecule has 0 bridgehead atoms. The molecule has 1 aliphatic heterocycles. The summed E-state index contributed by atoms with van der Waals surface area (Å²) in [7, 11) is 0. The Hall–Kier alpha value is -1.88. The van der Waals surface area contributed by atoms with Gasteiger partial charge in [-0.1, -0.05) is 13.8 Å². The Labute approximate surface area is 132 Å². The monoisotopic (exact) mass is 299 g/mol. The largest absolute Gasteiger partial charge is 0.369 e. The SMILES string of the molecule is CC(C)c1[nH]ncc1-c1ccnc(NCCN2CCCC2)c1. The van der Waals surface area contributed by atoms with E-state index >= 15 is 0 Å². The van der Waals surface area contributed by atoms with E-state index in [9.17, 15) is 0 Å². The van der Waals surface area contributed by atoms with E-state index < -0.39 is 0 Å². The fourth-order valence-corrected chi connectivity index (χ4v) is 3.01. The number of likely N-dealkylation sites (tertiary alicyclic amines) is 1. The Kier molecular flexibility index (Phi) is 4.73. The van der Waals surface area contributed by atoms with Crippen molar-refractivity contribution in [1.82, 2.24) is 20.1 Å². The summed E-state index contributed by atoms with van der Waals surface area (Å²) in [5, 5.41) is 10.7. The molecule has 0 spiro atoms. The quantitative estimate of drug-likeness (QED) is 0.860. The van der Waals surface area contributed by atoms with Crippen molar-refractivity contribution in [2.75, 3.05) is 31.5 Å². The maximum Gasteiger partial charge on any atom is 0.126 e. The Balaban J connectivity index is 1.65. The molecular weight excluding hydrogens is 274 g/mol. The first-order chi connectivity index (χ1) is 10.7. The van der Waals surface area contributed by atoms with E-state index in [1.807, 2.05) is 18.5 Å². The molecule has 2 aromatic heterocycles. The molecule has 0 saturated carbocycles. The minimum atomic E-state index is 0.428. The third-order valence-corrected chi connectivity index (χ3v) is 4.25. The van der Waals surface area contributed by atoms with Crippen LogP contribution in [0.1, 0.15) is 38.3 Å². The van der Waals surface area contributed by atoms with Crippen LogP contribution in [0, 0.1) is 0 Å². The van der Waals surface area contributed by atoms with Crippen molar-refractivity contribution in [2.24, 2.45) is 0 Å². The molecule has 2 N–H and O–H groups in total. The molecule has 118 valence electrons. The summed E-state index contributed by atoms with van der Waals surface area (Å²) in [5.41, 5.74) is 3.50. The van der Waals surface area contributed by atoms with Gasteiger partial charge in [0.1, 0.15) is 5.82 Å². The van der Waals surface area contributed by atoms with Gasteiger partial charge in [-0.3, -0.25) is 5.10 Å². The van der Waals surface area contributed by atoms with Gasteiger partial charge in [0, 0.05) is 30.5 Å². The smallest absolute Gasteiger partial charge is 0.126 e. The lowest BCUT2D eigenvalue weighted by molar-refractivity contribution is 0.352. The van der Waals surface area contributed by atoms with Gasteiger partial charge in [-0.05, 0) is 49.5 Å². The zero-order valence-electron chi connectivity index (χ0n) is 13.5. The molecule has 3 rings (SSSR count). The lowest BCUT2D eigenvalue weighted by atomic mass is 10.0. The first-order valence-corrected chi connectivity index (χ1v) is 8.20. The van der Waals surface area contributed by atoms with Crippen LogP contribution in [0.5, 0.6) is 0 Å². The van der Waals surface area contributed by atoms with Crippen molar-refractivity contribution >= 4 is 5.82 Å². The molecule has 22 heavy (non-hydrogen) atoms. The van der Waals surface area contributed by atoms with Crippen LogP contribution in [0.15, 0.2) is 24.5 Å². The van der Waals surface area contributed by atoms with Gasteiger partial charge in [0.15, 0.2) is 0 Å². The predicted octanol–water partition coefficient (Wildman–Crippen LogP) is 3.10. The van der Waals surface area contributed by atoms with Gasteiger partial charge >= 0.3 is 0 Å². The van der Waals surface area contributed by atoms with E-state index in [2.05, 4.69) is 45.3 Å². The summed E-state index contributed by atoms with van der Waals surface area (Å²) in [5.74, 6) is 1.37. The Morgan fingerprint density at radius 2 is 2.14 bits per heavy atom. The molecule has 5 nitrogen and oxygen atoms in total. The van der Waals surface area contributed by atoms with E-state index in [-0.39, 0.29) is 0 Å². The molecule has 0 aromatic carbocycles. The van der Waals surface area contributed by atoms with Gasteiger partial charge in [-0.25, -0.2) is 4.98 Å². The molecule has 0 aliphatic carbocycles. The van der Waals surface area contributed by atoms with Crippen molar-refractivity contribution in [3.63, 3.8) is 0 Å². The molecular formula is C17H25N5. The summed E-state index contributed by atoms with van der Waals surface area (Å²) >= 11 is 0. The molecule has 0 amide bonds.